The minimum absolute atomic E-state index is 0.343. The van der Waals surface area contributed by atoms with Crippen LogP contribution >= 0.6 is 11.6 Å². The Labute approximate surface area is 88.8 Å². The second-order valence-corrected chi connectivity index (χ2v) is 3.20. The normalized spacial score (nSPS) is 11.1. The number of benzene rings is 1. The molecule has 0 fully saturated rings. The molecule has 0 atom stereocenters. The third kappa shape index (κ3) is 2.86. The van der Waals surface area contributed by atoms with E-state index in [1.54, 1.807) is 12.1 Å². The van der Waals surface area contributed by atoms with Crippen LogP contribution in [0.1, 0.15) is 18.9 Å². The number of nitrogens with zero attached hydrogens (tertiary/aromatic N) is 2. The number of hydrogen-bond donors (Lipinski definition) is 0. The van der Waals surface area contributed by atoms with Crippen molar-refractivity contribution in [3.05, 3.63) is 34.9 Å². The highest BCUT2D eigenvalue weighted by Crippen LogP contribution is 2.11. The maximum absolute atomic E-state index is 8.62. The summed E-state index contributed by atoms with van der Waals surface area (Å²) >= 11 is 5.77. The Morgan fingerprint density at radius 2 is 2.07 bits per heavy atom. The van der Waals surface area contributed by atoms with Gasteiger partial charge in [-0.25, -0.2) is 0 Å². The Morgan fingerprint density at radius 1 is 1.43 bits per heavy atom. The smallest absolute Gasteiger partial charge is 0.0776 e. The lowest BCUT2D eigenvalue weighted by Gasteiger charge is -2.01. The number of aliphatic imine (C=N–C) groups is 1. The predicted molar refractivity (Wildman–Crippen MR) is 58.8 cm³/mol. The molecule has 0 saturated carbocycles. The lowest BCUT2D eigenvalue weighted by molar-refractivity contribution is 1.12. The molecule has 3 heteroatoms. The van der Waals surface area contributed by atoms with Crippen LogP contribution in [0.2, 0.25) is 5.02 Å². The highest BCUT2D eigenvalue weighted by molar-refractivity contribution is 6.30. The van der Waals surface area contributed by atoms with Crippen molar-refractivity contribution in [3.8, 4) is 6.07 Å². The van der Waals surface area contributed by atoms with Gasteiger partial charge in [-0.3, -0.25) is 4.99 Å². The number of nitriles is 1. The summed E-state index contributed by atoms with van der Waals surface area (Å²) in [5.41, 5.74) is 1.80. The van der Waals surface area contributed by atoms with Crippen LogP contribution in [0.5, 0.6) is 0 Å². The van der Waals surface area contributed by atoms with Crippen molar-refractivity contribution in [2.75, 3.05) is 6.54 Å². The van der Waals surface area contributed by atoms with Gasteiger partial charge in [0.2, 0.25) is 0 Å². The van der Waals surface area contributed by atoms with E-state index in [-0.39, 0.29) is 0 Å². The summed E-state index contributed by atoms with van der Waals surface area (Å²) in [6.45, 7) is 2.65. The van der Waals surface area contributed by atoms with E-state index in [0.29, 0.717) is 18.0 Å². The van der Waals surface area contributed by atoms with Crippen LogP contribution in [0.3, 0.4) is 0 Å². The first-order chi connectivity index (χ1) is 6.77. The van der Waals surface area contributed by atoms with Gasteiger partial charge in [0.05, 0.1) is 18.2 Å². The Balaban J connectivity index is 2.95. The Morgan fingerprint density at radius 3 is 2.57 bits per heavy atom. The minimum atomic E-state index is 0.343. The largest absolute Gasteiger partial charge is 0.288 e. The third-order valence-electron chi connectivity index (χ3n) is 1.77. The fourth-order valence-corrected chi connectivity index (χ4v) is 1.28. The van der Waals surface area contributed by atoms with E-state index in [0.717, 1.165) is 11.3 Å². The second kappa shape index (κ2) is 5.41. The lowest BCUT2D eigenvalue weighted by atomic mass is 10.1. The van der Waals surface area contributed by atoms with E-state index in [1.165, 1.54) is 0 Å². The van der Waals surface area contributed by atoms with Crippen molar-refractivity contribution >= 4 is 17.3 Å². The molecule has 0 bridgehead atoms. The first-order valence-electron chi connectivity index (χ1n) is 4.44. The van der Waals surface area contributed by atoms with Gasteiger partial charge >= 0.3 is 0 Å². The summed E-state index contributed by atoms with van der Waals surface area (Å²) in [5.74, 6) is 0. The van der Waals surface area contributed by atoms with E-state index in [2.05, 4.69) is 11.1 Å². The van der Waals surface area contributed by atoms with E-state index in [9.17, 15) is 0 Å². The predicted octanol–water partition coefficient (Wildman–Crippen LogP) is 3.06. The van der Waals surface area contributed by atoms with Crippen LogP contribution in [0.15, 0.2) is 29.3 Å². The van der Waals surface area contributed by atoms with Crippen molar-refractivity contribution in [1.29, 1.82) is 5.26 Å². The van der Waals surface area contributed by atoms with Gasteiger partial charge in [-0.15, -0.1) is 0 Å². The molecule has 0 spiro atoms. The fraction of sp³-hybridized carbons (Fsp3) is 0.273. The van der Waals surface area contributed by atoms with E-state index >= 15 is 0 Å². The first-order valence-corrected chi connectivity index (χ1v) is 4.82. The summed E-state index contributed by atoms with van der Waals surface area (Å²) < 4.78 is 0. The molecule has 2 nitrogen and oxygen atoms in total. The van der Waals surface area contributed by atoms with Crippen LogP contribution < -0.4 is 0 Å². The van der Waals surface area contributed by atoms with Crippen LogP contribution in [-0.4, -0.2) is 12.3 Å². The Bertz CT molecular complexity index is 360. The van der Waals surface area contributed by atoms with Crippen LogP contribution in [-0.2, 0) is 0 Å². The van der Waals surface area contributed by atoms with Gasteiger partial charge in [-0.1, -0.05) is 23.7 Å². The molecule has 1 rings (SSSR count). The molecule has 0 aliphatic carbocycles. The van der Waals surface area contributed by atoms with Crippen LogP contribution in [0.25, 0.3) is 0 Å². The summed E-state index contributed by atoms with van der Waals surface area (Å²) in [6, 6.07) is 9.48. The van der Waals surface area contributed by atoms with Crippen molar-refractivity contribution in [2.24, 2.45) is 4.99 Å². The standard InChI is InChI=1S/C11H11ClN2/c1-2-14-11(7-8-13)9-3-5-10(12)6-4-9/h3-6H,2,7H2,1H3. The monoisotopic (exact) mass is 206 g/mol. The highest BCUT2D eigenvalue weighted by Gasteiger charge is 2.01. The van der Waals surface area contributed by atoms with Gasteiger partial charge < -0.3 is 0 Å². The van der Waals surface area contributed by atoms with Crippen molar-refractivity contribution in [3.63, 3.8) is 0 Å². The quantitative estimate of drug-likeness (QED) is 0.701. The molecule has 0 saturated heterocycles. The Kier molecular flexibility index (Phi) is 4.15. The molecular formula is C11H11ClN2. The molecule has 0 amide bonds. The zero-order valence-electron chi connectivity index (χ0n) is 8.00. The number of halogens is 1. The molecule has 1 aromatic carbocycles. The van der Waals surface area contributed by atoms with Gasteiger partial charge in [0.15, 0.2) is 0 Å². The molecule has 14 heavy (non-hydrogen) atoms. The molecule has 72 valence electrons. The summed E-state index contributed by atoms with van der Waals surface area (Å²) in [5, 5.41) is 9.32. The first kappa shape index (κ1) is 10.7. The number of rotatable bonds is 3. The molecular weight excluding hydrogens is 196 g/mol. The number of hydrogen-bond acceptors (Lipinski definition) is 2. The maximum atomic E-state index is 8.62. The third-order valence-corrected chi connectivity index (χ3v) is 2.02. The molecule has 0 unspecified atom stereocenters. The van der Waals surface area contributed by atoms with Crippen molar-refractivity contribution in [2.45, 2.75) is 13.3 Å². The van der Waals surface area contributed by atoms with Crippen molar-refractivity contribution in [1.82, 2.24) is 0 Å². The zero-order valence-corrected chi connectivity index (χ0v) is 8.75. The molecule has 0 N–H and O–H groups in total. The van der Waals surface area contributed by atoms with Crippen LogP contribution in [0.4, 0.5) is 0 Å². The zero-order chi connectivity index (χ0) is 10.4. The van der Waals surface area contributed by atoms with E-state index in [4.69, 9.17) is 16.9 Å². The maximum Gasteiger partial charge on any atom is 0.0776 e. The Hall–Kier alpha value is -1.33. The molecule has 0 aliphatic rings. The fourth-order valence-electron chi connectivity index (χ4n) is 1.16. The van der Waals surface area contributed by atoms with E-state index < -0.39 is 0 Å². The average Bonchev–Trinajstić information content (AvgIpc) is 2.19. The average molecular weight is 207 g/mol. The van der Waals surface area contributed by atoms with Crippen LogP contribution in [0, 0.1) is 11.3 Å². The van der Waals surface area contributed by atoms with E-state index in [1.807, 2.05) is 19.1 Å². The van der Waals surface area contributed by atoms with Gasteiger partial charge in [-0.2, -0.15) is 5.26 Å². The van der Waals surface area contributed by atoms with Gasteiger partial charge in [0.25, 0.3) is 0 Å². The summed E-state index contributed by atoms with van der Waals surface area (Å²) in [7, 11) is 0. The SMILES string of the molecule is CCN=C(CC#N)c1ccc(Cl)cc1. The summed E-state index contributed by atoms with van der Waals surface area (Å²) in [6.07, 6.45) is 0.343. The second-order valence-electron chi connectivity index (χ2n) is 2.76. The molecule has 1 aromatic rings. The lowest BCUT2D eigenvalue weighted by Crippen LogP contribution is -2.00. The minimum Gasteiger partial charge on any atom is -0.288 e. The molecule has 0 radical (unpaired) electrons. The van der Waals surface area contributed by atoms with Gasteiger partial charge in [0.1, 0.15) is 0 Å². The molecule has 0 aliphatic heterocycles. The molecule has 0 aromatic heterocycles. The van der Waals surface area contributed by atoms with Crippen molar-refractivity contribution < 1.29 is 0 Å². The summed E-state index contributed by atoms with van der Waals surface area (Å²) in [4.78, 5) is 4.26. The van der Waals surface area contributed by atoms with Gasteiger partial charge in [0, 0.05) is 11.6 Å². The highest BCUT2D eigenvalue weighted by atomic mass is 35.5. The molecule has 0 heterocycles. The topological polar surface area (TPSA) is 36.1 Å². The van der Waals surface area contributed by atoms with Gasteiger partial charge in [-0.05, 0) is 24.6 Å².